The molecular weight excluding hydrogens is 271 g/mol. The molecule has 18 heavy (non-hydrogen) atoms. The van der Waals surface area contributed by atoms with E-state index in [-0.39, 0.29) is 16.5 Å². The van der Waals surface area contributed by atoms with Crippen molar-refractivity contribution in [2.75, 3.05) is 13.1 Å². The first kappa shape index (κ1) is 13.0. The molecule has 1 aliphatic heterocycles. The third-order valence-electron chi connectivity index (χ3n) is 2.55. The van der Waals surface area contributed by atoms with E-state index >= 15 is 0 Å². The molecule has 2 rings (SSSR count). The van der Waals surface area contributed by atoms with E-state index in [2.05, 4.69) is 4.74 Å². The Bertz CT molecular complexity index is 472. The highest BCUT2D eigenvalue weighted by molar-refractivity contribution is 6.32. The minimum Gasteiger partial charge on any atom is -0.404 e. The molecule has 98 valence electrons. The summed E-state index contributed by atoms with van der Waals surface area (Å²) >= 11 is 5.65. The van der Waals surface area contributed by atoms with Gasteiger partial charge in [0.1, 0.15) is 5.75 Å². The van der Waals surface area contributed by atoms with Crippen molar-refractivity contribution < 1.29 is 22.7 Å². The Kier molecular flexibility index (Phi) is 3.38. The summed E-state index contributed by atoms with van der Waals surface area (Å²) in [5.41, 5.74) is 0.259. The second kappa shape index (κ2) is 4.68. The highest BCUT2D eigenvalue weighted by Crippen LogP contribution is 2.31. The van der Waals surface area contributed by atoms with Crippen LogP contribution in [-0.2, 0) is 0 Å². The van der Waals surface area contributed by atoms with Crippen molar-refractivity contribution in [1.29, 1.82) is 0 Å². The molecule has 3 nitrogen and oxygen atoms in total. The molecule has 1 aliphatic rings. The summed E-state index contributed by atoms with van der Waals surface area (Å²) in [5.74, 6) is -0.744. The molecule has 0 spiro atoms. The average molecular weight is 280 g/mol. The summed E-state index contributed by atoms with van der Waals surface area (Å²) in [6.07, 6.45) is -3.86. The maximum atomic E-state index is 12.0. The monoisotopic (exact) mass is 279 g/mol. The largest absolute Gasteiger partial charge is 0.573 e. The number of ether oxygens (including phenoxy) is 1. The van der Waals surface area contributed by atoms with Crippen LogP contribution in [-0.4, -0.2) is 30.3 Å². The molecule has 1 fully saturated rings. The van der Waals surface area contributed by atoms with E-state index in [4.69, 9.17) is 11.6 Å². The van der Waals surface area contributed by atoms with Gasteiger partial charge in [-0.15, -0.1) is 13.2 Å². The summed E-state index contributed by atoms with van der Waals surface area (Å²) in [7, 11) is 0. The highest BCUT2D eigenvalue weighted by Gasteiger charge is 2.32. The molecule has 0 unspecified atom stereocenters. The number of amides is 1. The SMILES string of the molecule is O=C(c1ccc(OC(F)(F)F)c(Cl)c1)N1CCC1. The Labute approximate surface area is 106 Å². The van der Waals surface area contributed by atoms with Crippen LogP contribution in [0.15, 0.2) is 18.2 Å². The molecule has 0 aromatic heterocycles. The number of likely N-dealkylation sites (tertiary alicyclic amines) is 1. The number of nitrogens with zero attached hydrogens (tertiary/aromatic N) is 1. The lowest BCUT2D eigenvalue weighted by atomic mass is 10.1. The van der Waals surface area contributed by atoms with Crippen molar-refractivity contribution in [3.05, 3.63) is 28.8 Å². The van der Waals surface area contributed by atoms with Crippen LogP contribution >= 0.6 is 11.6 Å². The molecular formula is C11H9ClF3NO2. The number of carbonyl (C=O) groups is 1. The Balaban J connectivity index is 2.16. The minimum atomic E-state index is -4.80. The number of rotatable bonds is 2. The number of alkyl halides is 3. The van der Waals surface area contributed by atoms with Crippen molar-refractivity contribution in [2.24, 2.45) is 0 Å². The Morgan fingerprint density at radius 2 is 2.00 bits per heavy atom. The van der Waals surface area contributed by atoms with Crippen molar-refractivity contribution in [1.82, 2.24) is 4.90 Å². The van der Waals surface area contributed by atoms with Crippen molar-refractivity contribution >= 4 is 17.5 Å². The lowest BCUT2D eigenvalue weighted by Gasteiger charge is -2.31. The van der Waals surface area contributed by atoms with Gasteiger partial charge in [-0.1, -0.05) is 11.6 Å². The van der Waals surface area contributed by atoms with Crippen LogP contribution in [0.3, 0.4) is 0 Å². The normalized spacial score (nSPS) is 15.2. The number of halogens is 4. The summed E-state index contributed by atoms with van der Waals surface area (Å²) < 4.78 is 39.8. The van der Waals surface area contributed by atoms with Gasteiger partial charge in [-0.05, 0) is 24.6 Å². The zero-order valence-electron chi connectivity index (χ0n) is 9.13. The molecule has 7 heteroatoms. The quantitative estimate of drug-likeness (QED) is 0.832. The van der Waals surface area contributed by atoms with Crippen LogP contribution in [0.4, 0.5) is 13.2 Å². The number of carbonyl (C=O) groups excluding carboxylic acids is 1. The lowest BCUT2D eigenvalue weighted by Crippen LogP contribution is -2.42. The van der Waals surface area contributed by atoms with Crippen LogP contribution < -0.4 is 4.74 Å². The van der Waals surface area contributed by atoms with E-state index in [9.17, 15) is 18.0 Å². The van der Waals surface area contributed by atoms with Gasteiger partial charge in [0.05, 0.1) is 5.02 Å². The third-order valence-corrected chi connectivity index (χ3v) is 2.84. The lowest BCUT2D eigenvalue weighted by molar-refractivity contribution is -0.274. The van der Waals surface area contributed by atoms with Gasteiger partial charge in [-0.25, -0.2) is 0 Å². The van der Waals surface area contributed by atoms with Crippen LogP contribution in [0.2, 0.25) is 5.02 Å². The molecule has 1 aromatic rings. The van der Waals surface area contributed by atoms with Gasteiger partial charge in [-0.3, -0.25) is 4.79 Å². The molecule has 1 heterocycles. The molecule has 0 atom stereocenters. The van der Waals surface area contributed by atoms with Crippen molar-refractivity contribution in [3.63, 3.8) is 0 Å². The zero-order valence-corrected chi connectivity index (χ0v) is 9.88. The Hall–Kier alpha value is -1.43. The van der Waals surface area contributed by atoms with Gasteiger partial charge in [0.15, 0.2) is 0 Å². The third kappa shape index (κ3) is 2.87. The number of hydrogen-bond donors (Lipinski definition) is 0. The predicted molar refractivity (Wildman–Crippen MR) is 58.7 cm³/mol. The standard InChI is InChI=1S/C11H9ClF3NO2/c12-8-6-7(10(17)16-4-1-5-16)2-3-9(8)18-11(13,14)15/h2-3,6H,1,4-5H2. The molecule has 1 aromatic carbocycles. The Morgan fingerprint density at radius 1 is 1.33 bits per heavy atom. The van der Waals surface area contributed by atoms with Gasteiger partial charge in [-0.2, -0.15) is 0 Å². The van der Waals surface area contributed by atoms with Gasteiger partial charge >= 0.3 is 6.36 Å². The van der Waals surface area contributed by atoms with Gasteiger partial charge in [0, 0.05) is 18.7 Å². The Morgan fingerprint density at radius 3 is 2.44 bits per heavy atom. The molecule has 1 amide bonds. The average Bonchev–Trinajstić information content (AvgIpc) is 2.16. The van der Waals surface area contributed by atoms with Crippen LogP contribution in [0.25, 0.3) is 0 Å². The first-order chi connectivity index (χ1) is 8.37. The van der Waals surface area contributed by atoms with Crippen molar-refractivity contribution in [2.45, 2.75) is 12.8 Å². The van der Waals surface area contributed by atoms with Crippen LogP contribution in [0, 0.1) is 0 Å². The van der Waals surface area contributed by atoms with Gasteiger partial charge < -0.3 is 9.64 Å². The molecule has 1 saturated heterocycles. The van der Waals surface area contributed by atoms with E-state index in [1.54, 1.807) is 4.90 Å². The van der Waals surface area contributed by atoms with E-state index in [0.717, 1.165) is 12.5 Å². The second-order valence-corrected chi connectivity index (χ2v) is 4.25. The summed E-state index contributed by atoms with van der Waals surface area (Å²) in [6, 6.07) is 3.50. The molecule has 0 bridgehead atoms. The van der Waals surface area contributed by atoms with E-state index in [1.165, 1.54) is 12.1 Å². The fraction of sp³-hybridized carbons (Fsp3) is 0.364. The van der Waals surface area contributed by atoms with Gasteiger partial charge in [0.2, 0.25) is 0 Å². The minimum absolute atomic E-state index is 0.235. The fourth-order valence-corrected chi connectivity index (χ4v) is 1.76. The van der Waals surface area contributed by atoms with Crippen LogP contribution in [0.5, 0.6) is 5.75 Å². The smallest absolute Gasteiger partial charge is 0.404 e. The zero-order chi connectivity index (χ0) is 13.3. The fourth-order valence-electron chi connectivity index (χ4n) is 1.54. The summed E-state index contributed by atoms with van der Waals surface area (Å²) in [4.78, 5) is 13.4. The molecule has 0 radical (unpaired) electrons. The topological polar surface area (TPSA) is 29.5 Å². The first-order valence-corrected chi connectivity index (χ1v) is 5.59. The predicted octanol–water partition coefficient (Wildman–Crippen LogP) is 3.08. The van der Waals surface area contributed by atoms with Crippen LogP contribution in [0.1, 0.15) is 16.8 Å². The maximum Gasteiger partial charge on any atom is 0.573 e. The molecule has 0 aliphatic carbocycles. The maximum absolute atomic E-state index is 12.0. The van der Waals surface area contributed by atoms with E-state index in [0.29, 0.717) is 13.1 Å². The molecule has 0 saturated carbocycles. The second-order valence-electron chi connectivity index (χ2n) is 3.84. The first-order valence-electron chi connectivity index (χ1n) is 5.21. The number of hydrogen-bond acceptors (Lipinski definition) is 2. The highest BCUT2D eigenvalue weighted by atomic mass is 35.5. The molecule has 0 N–H and O–H groups in total. The van der Waals surface area contributed by atoms with E-state index in [1.807, 2.05) is 0 Å². The van der Waals surface area contributed by atoms with E-state index < -0.39 is 12.1 Å². The summed E-state index contributed by atoms with van der Waals surface area (Å²) in [6.45, 7) is 1.33. The summed E-state index contributed by atoms with van der Waals surface area (Å²) in [5, 5.41) is -0.237. The van der Waals surface area contributed by atoms with Crippen molar-refractivity contribution in [3.8, 4) is 5.75 Å². The number of benzene rings is 1. The van der Waals surface area contributed by atoms with Gasteiger partial charge in [0.25, 0.3) is 5.91 Å².